The molecular weight excluding hydrogens is 328 g/mol. The number of ether oxygens (including phenoxy) is 1. The zero-order valence-electron chi connectivity index (χ0n) is 14.6. The van der Waals surface area contributed by atoms with Crippen LogP contribution in [0.3, 0.4) is 0 Å². The van der Waals surface area contributed by atoms with Gasteiger partial charge in [-0.1, -0.05) is 30.3 Å². The van der Waals surface area contributed by atoms with Crippen LogP contribution in [0.4, 0.5) is 0 Å². The summed E-state index contributed by atoms with van der Waals surface area (Å²) < 4.78 is 7.47. The minimum atomic E-state index is 0.00698. The number of aryl methyl sites for hydroxylation is 1. The monoisotopic (exact) mass is 348 g/mol. The second-order valence-electron chi connectivity index (χ2n) is 6.42. The van der Waals surface area contributed by atoms with Gasteiger partial charge in [0.15, 0.2) is 0 Å². The van der Waals surface area contributed by atoms with E-state index in [0.29, 0.717) is 37.8 Å². The lowest BCUT2D eigenvalue weighted by Crippen LogP contribution is -2.39. The Morgan fingerprint density at radius 3 is 2.77 bits per heavy atom. The first kappa shape index (κ1) is 16.3. The number of carbonyl (C=O) groups excluding carboxylic acids is 1. The van der Waals surface area contributed by atoms with E-state index in [4.69, 9.17) is 4.74 Å². The topological polar surface area (TPSA) is 60.2 Å². The third-order valence-electron chi connectivity index (χ3n) is 4.39. The molecule has 3 aromatic rings. The fourth-order valence-electron chi connectivity index (χ4n) is 3.05. The molecule has 26 heavy (non-hydrogen) atoms. The van der Waals surface area contributed by atoms with Crippen molar-refractivity contribution in [1.82, 2.24) is 19.7 Å². The molecule has 2 aromatic heterocycles. The van der Waals surface area contributed by atoms with Crippen LogP contribution in [0.2, 0.25) is 0 Å². The van der Waals surface area contributed by atoms with Crippen LogP contribution < -0.4 is 4.74 Å². The number of hydrogen-bond acceptors (Lipinski definition) is 4. The first-order valence-electron chi connectivity index (χ1n) is 8.64. The van der Waals surface area contributed by atoms with Gasteiger partial charge in [0, 0.05) is 25.4 Å². The summed E-state index contributed by atoms with van der Waals surface area (Å²) in [7, 11) is 0. The van der Waals surface area contributed by atoms with Crippen LogP contribution in [-0.2, 0) is 19.7 Å². The fraction of sp³-hybridized carbons (Fsp3) is 0.250. The molecule has 6 nitrogen and oxygen atoms in total. The van der Waals surface area contributed by atoms with Crippen molar-refractivity contribution in [3.63, 3.8) is 0 Å². The van der Waals surface area contributed by atoms with Crippen molar-refractivity contribution in [2.45, 2.75) is 26.6 Å². The molecule has 4 rings (SSSR count). The fourth-order valence-corrected chi connectivity index (χ4v) is 3.05. The van der Waals surface area contributed by atoms with Crippen molar-refractivity contribution < 1.29 is 9.53 Å². The number of aromatic nitrogens is 3. The second kappa shape index (κ2) is 7.00. The molecule has 0 N–H and O–H groups in total. The maximum Gasteiger partial charge on any atom is 0.272 e. The number of pyridine rings is 1. The molecule has 0 unspecified atom stereocenters. The second-order valence-corrected chi connectivity index (χ2v) is 6.42. The highest BCUT2D eigenvalue weighted by atomic mass is 16.5. The normalized spacial score (nSPS) is 13.6. The van der Waals surface area contributed by atoms with Crippen molar-refractivity contribution >= 4 is 5.91 Å². The molecule has 0 spiro atoms. The first-order chi connectivity index (χ1) is 12.7. The zero-order valence-corrected chi connectivity index (χ0v) is 14.6. The predicted octanol–water partition coefficient (Wildman–Crippen LogP) is 2.82. The molecule has 1 amide bonds. The van der Waals surface area contributed by atoms with Gasteiger partial charge in [0.2, 0.25) is 5.88 Å². The summed E-state index contributed by atoms with van der Waals surface area (Å²) in [4.78, 5) is 18.8. The standard InChI is InChI=1S/C20H20N4O2/c1-15-7-8-21-19(11-15)26-14-17-12-18-20(25)23(9-10-24(18)22-17)13-16-5-3-2-4-6-16/h2-8,11-12H,9-10,13-14H2,1H3. The molecule has 1 aromatic carbocycles. The molecule has 6 heteroatoms. The molecule has 1 aliphatic rings. The van der Waals surface area contributed by atoms with Crippen LogP contribution in [0, 0.1) is 6.92 Å². The molecule has 0 saturated carbocycles. The molecular formula is C20H20N4O2. The van der Waals surface area contributed by atoms with Gasteiger partial charge < -0.3 is 9.64 Å². The van der Waals surface area contributed by atoms with Gasteiger partial charge in [0.25, 0.3) is 5.91 Å². The molecule has 0 aliphatic carbocycles. The molecule has 0 atom stereocenters. The number of nitrogens with zero attached hydrogens (tertiary/aromatic N) is 4. The van der Waals surface area contributed by atoms with Crippen molar-refractivity contribution in [3.8, 4) is 5.88 Å². The third-order valence-corrected chi connectivity index (χ3v) is 4.39. The zero-order chi connectivity index (χ0) is 17.9. The Morgan fingerprint density at radius 1 is 1.12 bits per heavy atom. The van der Waals surface area contributed by atoms with Gasteiger partial charge in [-0.25, -0.2) is 4.98 Å². The van der Waals surface area contributed by atoms with Crippen molar-refractivity contribution in [3.05, 3.63) is 77.2 Å². The molecule has 0 saturated heterocycles. The minimum absolute atomic E-state index is 0.00698. The van der Waals surface area contributed by atoms with E-state index in [2.05, 4.69) is 10.1 Å². The molecule has 3 heterocycles. The average Bonchev–Trinajstić information content (AvgIpc) is 3.07. The van der Waals surface area contributed by atoms with Crippen molar-refractivity contribution in [2.75, 3.05) is 6.54 Å². The lowest BCUT2D eigenvalue weighted by atomic mass is 10.2. The van der Waals surface area contributed by atoms with Crippen LogP contribution in [0.5, 0.6) is 5.88 Å². The van der Waals surface area contributed by atoms with E-state index in [-0.39, 0.29) is 5.91 Å². The van der Waals surface area contributed by atoms with Crippen LogP contribution in [-0.4, -0.2) is 32.1 Å². The van der Waals surface area contributed by atoms with Gasteiger partial charge in [-0.05, 0) is 30.2 Å². The predicted molar refractivity (Wildman–Crippen MR) is 96.7 cm³/mol. The van der Waals surface area contributed by atoms with Gasteiger partial charge in [-0.15, -0.1) is 0 Å². The van der Waals surface area contributed by atoms with Gasteiger partial charge >= 0.3 is 0 Å². The highest BCUT2D eigenvalue weighted by molar-refractivity contribution is 5.93. The number of amides is 1. The number of rotatable bonds is 5. The minimum Gasteiger partial charge on any atom is -0.471 e. The summed E-state index contributed by atoms with van der Waals surface area (Å²) in [5, 5.41) is 4.50. The maximum absolute atomic E-state index is 12.8. The van der Waals surface area contributed by atoms with Crippen LogP contribution >= 0.6 is 0 Å². The SMILES string of the molecule is Cc1ccnc(OCc2cc3n(n2)CCN(Cc2ccccc2)C3=O)c1. The largest absolute Gasteiger partial charge is 0.471 e. The average molecular weight is 348 g/mol. The summed E-state index contributed by atoms with van der Waals surface area (Å²) in [6.07, 6.45) is 1.72. The van der Waals surface area contributed by atoms with Crippen molar-refractivity contribution in [2.24, 2.45) is 0 Å². The van der Waals surface area contributed by atoms with Gasteiger partial charge in [-0.3, -0.25) is 9.48 Å². The van der Waals surface area contributed by atoms with Gasteiger partial charge in [-0.2, -0.15) is 5.10 Å². The lowest BCUT2D eigenvalue weighted by Gasteiger charge is -2.27. The van der Waals surface area contributed by atoms with E-state index in [1.165, 1.54) is 0 Å². The third kappa shape index (κ3) is 3.44. The Morgan fingerprint density at radius 2 is 1.96 bits per heavy atom. The Bertz CT molecular complexity index is 921. The number of carbonyl (C=O) groups is 1. The van der Waals surface area contributed by atoms with Crippen LogP contribution in [0.15, 0.2) is 54.7 Å². The van der Waals surface area contributed by atoms with E-state index >= 15 is 0 Å². The summed E-state index contributed by atoms with van der Waals surface area (Å²) in [6, 6.07) is 15.6. The van der Waals surface area contributed by atoms with E-state index in [1.54, 1.807) is 10.9 Å². The summed E-state index contributed by atoms with van der Waals surface area (Å²) in [6.45, 7) is 4.24. The molecule has 0 bridgehead atoms. The smallest absolute Gasteiger partial charge is 0.272 e. The number of benzene rings is 1. The first-order valence-corrected chi connectivity index (χ1v) is 8.64. The van der Waals surface area contributed by atoms with E-state index in [1.807, 2.05) is 60.4 Å². The summed E-state index contributed by atoms with van der Waals surface area (Å²) in [5.74, 6) is 0.570. The molecule has 0 radical (unpaired) electrons. The quantitative estimate of drug-likeness (QED) is 0.711. The maximum atomic E-state index is 12.8. The lowest BCUT2D eigenvalue weighted by molar-refractivity contribution is 0.0683. The van der Waals surface area contributed by atoms with E-state index in [9.17, 15) is 4.79 Å². The highest BCUT2D eigenvalue weighted by Gasteiger charge is 2.26. The van der Waals surface area contributed by atoms with Crippen LogP contribution in [0.1, 0.15) is 27.3 Å². The van der Waals surface area contributed by atoms with Gasteiger partial charge in [0.1, 0.15) is 18.0 Å². The van der Waals surface area contributed by atoms with Crippen LogP contribution in [0.25, 0.3) is 0 Å². The molecule has 1 aliphatic heterocycles. The highest BCUT2D eigenvalue weighted by Crippen LogP contribution is 2.18. The summed E-state index contributed by atoms with van der Waals surface area (Å²) in [5.41, 5.74) is 3.56. The molecule has 132 valence electrons. The Balaban J connectivity index is 1.45. The Hall–Kier alpha value is -3.15. The number of fused-ring (bicyclic) bond motifs is 1. The summed E-state index contributed by atoms with van der Waals surface area (Å²) >= 11 is 0. The van der Waals surface area contributed by atoms with Crippen molar-refractivity contribution in [1.29, 1.82) is 0 Å². The van der Waals surface area contributed by atoms with Gasteiger partial charge in [0.05, 0.1) is 6.54 Å². The van der Waals surface area contributed by atoms with E-state index in [0.717, 1.165) is 16.8 Å². The Kier molecular flexibility index (Phi) is 4.39. The Labute approximate surface area is 152 Å². The van der Waals surface area contributed by atoms with E-state index < -0.39 is 0 Å². The number of hydrogen-bond donors (Lipinski definition) is 0. The molecule has 0 fully saturated rings.